The van der Waals surface area contributed by atoms with Crippen LogP contribution < -0.4 is 11.5 Å². The van der Waals surface area contributed by atoms with E-state index in [1.54, 1.807) is 0 Å². The lowest BCUT2D eigenvalue weighted by Crippen LogP contribution is -2.37. The summed E-state index contributed by atoms with van der Waals surface area (Å²) in [7, 11) is 1.30. The summed E-state index contributed by atoms with van der Waals surface area (Å²) in [6.45, 7) is -0.582. The number of carbonyl (C=O) groups is 2. The zero-order chi connectivity index (χ0) is 17.4. The van der Waals surface area contributed by atoms with E-state index < -0.39 is 39.3 Å². The molecule has 0 rings (SSSR count). The molecule has 0 aliphatic carbocycles. The molecule has 0 spiro atoms. The summed E-state index contributed by atoms with van der Waals surface area (Å²) in [5, 5.41) is 0. The summed E-state index contributed by atoms with van der Waals surface area (Å²) in [6.07, 6.45) is -3.46. The average molecular weight is 344 g/mol. The molecule has 0 aromatic rings. The van der Waals surface area contributed by atoms with Crippen LogP contribution in [0.2, 0.25) is 0 Å². The van der Waals surface area contributed by atoms with Crippen LogP contribution in [0, 0.1) is 0 Å². The first kappa shape index (κ1) is 20.6. The molecule has 0 saturated heterocycles. The molecule has 0 aromatic heterocycles. The molecular weight excluding hydrogens is 321 g/mol. The third-order valence-electron chi connectivity index (χ3n) is 2.13. The number of likely N-dealkylation sites (N-methyl/N-ethyl adjacent to an activating group) is 1. The minimum Gasteiger partial charge on any atom is -0.446 e. The van der Waals surface area contributed by atoms with Gasteiger partial charge in [0, 0.05) is 0 Å². The maximum absolute atomic E-state index is 11.6. The molecule has 0 aliphatic rings. The van der Waals surface area contributed by atoms with Gasteiger partial charge in [0.2, 0.25) is 0 Å². The van der Waals surface area contributed by atoms with Crippen molar-refractivity contribution in [1.82, 2.24) is 0 Å². The minimum atomic E-state index is -4.34. The highest BCUT2D eigenvalue weighted by Crippen LogP contribution is 2.43. The number of phosphoric ester groups is 1. The number of ether oxygens (including phenoxy) is 2. The van der Waals surface area contributed by atoms with Crippen molar-refractivity contribution in [2.45, 2.75) is 6.10 Å². The van der Waals surface area contributed by atoms with Gasteiger partial charge in [-0.15, -0.1) is 0 Å². The smallest absolute Gasteiger partial charge is 0.446 e. The van der Waals surface area contributed by atoms with Gasteiger partial charge in [0.25, 0.3) is 0 Å². The molecule has 0 heterocycles. The quantitative estimate of drug-likeness (QED) is 0.349. The molecule has 12 heteroatoms. The fraction of sp³-hybridized carbons (Fsp3) is 0.800. The molecule has 0 saturated carbocycles. The second kappa shape index (κ2) is 8.91. The molecule has 0 radical (unpaired) electrons. The van der Waals surface area contributed by atoms with E-state index in [1.807, 2.05) is 21.1 Å². The van der Waals surface area contributed by atoms with E-state index in [0.717, 1.165) is 0 Å². The van der Waals surface area contributed by atoms with Crippen LogP contribution in [0.15, 0.2) is 0 Å². The van der Waals surface area contributed by atoms with Crippen molar-refractivity contribution in [3.05, 3.63) is 0 Å². The number of hydrogen-bond donors (Lipinski definition) is 3. The monoisotopic (exact) mass is 344 g/mol. The Balaban J connectivity index is 4.32. The van der Waals surface area contributed by atoms with Gasteiger partial charge in [0.05, 0.1) is 27.7 Å². The third-order valence-corrected chi connectivity index (χ3v) is 3.12. The summed E-state index contributed by atoms with van der Waals surface area (Å²) in [5.41, 5.74) is 9.57. The van der Waals surface area contributed by atoms with Crippen LogP contribution in [0.25, 0.3) is 0 Å². The molecule has 2 atom stereocenters. The van der Waals surface area contributed by atoms with Crippen molar-refractivity contribution in [3.8, 4) is 0 Å². The predicted molar refractivity (Wildman–Crippen MR) is 74.6 cm³/mol. The zero-order valence-corrected chi connectivity index (χ0v) is 13.7. The number of amides is 2. The topological polar surface area (TPSA) is 160 Å². The van der Waals surface area contributed by atoms with Crippen LogP contribution >= 0.6 is 7.82 Å². The SMILES string of the molecule is C[N+](C)(C)CCOP(=O)(O)OC[C@@H](COC(N)=O)OC(N)=O. The van der Waals surface area contributed by atoms with Crippen LogP contribution in [0.5, 0.6) is 0 Å². The maximum Gasteiger partial charge on any atom is 0.472 e. The van der Waals surface area contributed by atoms with Crippen molar-refractivity contribution in [2.75, 3.05) is 47.5 Å². The Kier molecular flexibility index (Phi) is 8.35. The number of quaternary nitrogens is 1. The zero-order valence-electron chi connectivity index (χ0n) is 12.8. The van der Waals surface area contributed by atoms with Crippen LogP contribution in [0.3, 0.4) is 0 Å². The van der Waals surface area contributed by atoms with Gasteiger partial charge in [-0.2, -0.15) is 0 Å². The molecule has 5 N–H and O–H groups in total. The molecule has 130 valence electrons. The number of nitrogens with two attached hydrogens (primary N) is 2. The first-order chi connectivity index (χ1) is 9.91. The van der Waals surface area contributed by atoms with Crippen molar-refractivity contribution >= 4 is 20.0 Å². The number of primary amides is 2. The summed E-state index contributed by atoms with van der Waals surface area (Å²) in [6, 6.07) is 0. The molecule has 0 aliphatic heterocycles. The van der Waals surface area contributed by atoms with Gasteiger partial charge in [0.15, 0.2) is 6.10 Å². The predicted octanol–water partition coefficient (Wildman–Crippen LogP) is -0.615. The van der Waals surface area contributed by atoms with E-state index in [2.05, 4.69) is 14.0 Å². The number of rotatable bonds is 10. The van der Waals surface area contributed by atoms with Gasteiger partial charge in [-0.1, -0.05) is 0 Å². The number of carbonyl (C=O) groups excluding carboxylic acids is 2. The Morgan fingerprint density at radius 3 is 2.18 bits per heavy atom. The Bertz CT molecular complexity index is 425. The largest absolute Gasteiger partial charge is 0.472 e. The van der Waals surface area contributed by atoms with E-state index in [4.69, 9.17) is 16.0 Å². The normalized spacial score (nSPS) is 15.6. The fourth-order valence-corrected chi connectivity index (χ4v) is 1.84. The number of nitrogens with zero attached hydrogens (tertiary/aromatic N) is 1. The van der Waals surface area contributed by atoms with Gasteiger partial charge >= 0.3 is 20.0 Å². The van der Waals surface area contributed by atoms with Crippen molar-refractivity contribution in [1.29, 1.82) is 0 Å². The highest BCUT2D eigenvalue weighted by molar-refractivity contribution is 7.47. The lowest BCUT2D eigenvalue weighted by molar-refractivity contribution is -0.870. The molecule has 2 amide bonds. The van der Waals surface area contributed by atoms with Gasteiger partial charge in [-0.05, 0) is 0 Å². The maximum atomic E-state index is 11.6. The lowest BCUT2D eigenvalue weighted by Gasteiger charge is -2.24. The Labute approximate surface area is 128 Å². The second-order valence-electron chi connectivity index (χ2n) is 5.30. The Morgan fingerprint density at radius 2 is 1.73 bits per heavy atom. The van der Waals surface area contributed by atoms with Gasteiger partial charge in [-0.3, -0.25) is 9.05 Å². The highest BCUT2D eigenvalue weighted by Gasteiger charge is 2.26. The van der Waals surface area contributed by atoms with E-state index >= 15 is 0 Å². The third kappa shape index (κ3) is 12.4. The lowest BCUT2D eigenvalue weighted by atomic mass is 10.4. The summed E-state index contributed by atoms with van der Waals surface area (Å²) in [5.74, 6) is 0. The highest BCUT2D eigenvalue weighted by atomic mass is 31.2. The fourth-order valence-electron chi connectivity index (χ4n) is 1.10. The average Bonchev–Trinajstić information content (AvgIpc) is 2.30. The summed E-state index contributed by atoms with van der Waals surface area (Å²) < 4.78 is 30.5. The van der Waals surface area contributed by atoms with Gasteiger partial charge < -0.3 is 30.3 Å². The first-order valence-corrected chi connectivity index (χ1v) is 7.71. The Morgan fingerprint density at radius 1 is 1.14 bits per heavy atom. The molecule has 22 heavy (non-hydrogen) atoms. The number of phosphoric acid groups is 1. The molecule has 1 unspecified atom stereocenters. The van der Waals surface area contributed by atoms with Crippen LogP contribution in [0.4, 0.5) is 9.59 Å². The van der Waals surface area contributed by atoms with E-state index in [1.165, 1.54) is 0 Å². The summed E-state index contributed by atoms with van der Waals surface area (Å²) in [4.78, 5) is 30.6. The van der Waals surface area contributed by atoms with E-state index in [9.17, 15) is 19.0 Å². The van der Waals surface area contributed by atoms with Crippen molar-refractivity contribution in [3.63, 3.8) is 0 Å². The molecule has 11 nitrogen and oxygen atoms in total. The van der Waals surface area contributed by atoms with E-state index in [0.29, 0.717) is 11.0 Å². The van der Waals surface area contributed by atoms with E-state index in [-0.39, 0.29) is 6.61 Å². The summed E-state index contributed by atoms with van der Waals surface area (Å²) >= 11 is 0. The van der Waals surface area contributed by atoms with Gasteiger partial charge in [0.1, 0.15) is 19.8 Å². The van der Waals surface area contributed by atoms with Gasteiger partial charge in [-0.25, -0.2) is 14.2 Å². The second-order valence-corrected chi connectivity index (χ2v) is 6.75. The van der Waals surface area contributed by atoms with Crippen LogP contribution in [-0.4, -0.2) is 75.2 Å². The van der Waals surface area contributed by atoms with Crippen molar-refractivity contribution in [2.24, 2.45) is 11.5 Å². The van der Waals surface area contributed by atoms with Crippen LogP contribution in [0.1, 0.15) is 0 Å². The molecule has 0 aromatic carbocycles. The number of hydrogen-bond acceptors (Lipinski definition) is 7. The first-order valence-electron chi connectivity index (χ1n) is 6.22. The van der Waals surface area contributed by atoms with Crippen molar-refractivity contribution < 1.29 is 42.1 Å². The standard InChI is InChI=1S/C10H22N3O8P/c1-13(2,3)4-5-19-22(16,17)20-7-8(21-10(12)15)6-18-9(11)14/h8H,4-7H2,1-3H3,(H4-,11,12,14,15,16,17)/p+1/t8-/m1/s1. The molecule has 0 bridgehead atoms. The minimum absolute atomic E-state index is 0.0175. The molecule has 0 fully saturated rings. The van der Waals surface area contributed by atoms with Crippen LogP contribution in [-0.2, 0) is 23.1 Å². The molecular formula is C10H23N3O8P+. The Hall–Kier alpha value is -1.39.